The van der Waals surface area contributed by atoms with Crippen LogP contribution in [0.15, 0.2) is 29.2 Å². The van der Waals surface area contributed by atoms with E-state index in [2.05, 4.69) is 11.2 Å². The number of carbonyl (C=O) groups is 2. The number of nitrogens with zero attached hydrogens (tertiary/aromatic N) is 1. The van der Waals surface area contributed by atoms with Crippen molar-refractivity contribution in [3.05, 3.63) is 24.3 Å². The van der Waals surface area contributed by atoms with Crippen molar-refractivity contribution in [3.63, 3.8) is 0 Å². The van der Waals surface area contributed by atoms with Crippen molar-refractivity contribution in [3.8, 4) is 12.3 Å². The van der Waals surface area contributed by atoms with Crippen LogP contribution in [0.2, 0.25) is 0 Å². The van der Waals surface area contributed by atoms with Gasteiger partial charge >= 0.3 is 10.2 Å². The number of benzene rings is 1. The Balaban J connectivity index is 2.48. The summed E-state index contributed by atoms with van der Waals surface area (Å²) in [7, 11) is -9.88. The van der Waals surface area contributed by atoms with Gasteiger partial charge < -0.3 is 10.2 Å². The van der Waals surface area contributed by atoms with E-state index in [1.54, 1.807) is 0 Å². The fraction of sp³-hybridized carbons (Fsp3) is 0.286. The first-order chi connectivity index (χ1) is 11.8. The van der Waals surface area contributed by atoms with E-state index in [0.717, 1.165) is 0 Å². The summed E-state index contributed by atoms with van der Waals surface area (Å²) >= 11 is 0. The van der Waals surface area contributed by atoms with E-state index >= 15 is 0 Å². The Morgan fingerprint density at radius 1 is 1.31 bits per heavy atom. The van der Waals surface area contributed by atoms with Crippen molar-refractivity contribution in [1.82, 2.24) is 10.8 Å². The zero-order valence-electron chi connectivity index (χ0n) is 13.0. The molecule has 6 nitrogen and oxygen atoms in total. The lowest BCUT2D eigenvalue weighted by Crippen LogP contribution is -2.67. The highest BCUT2D eigenvalue weighted by atomic mass is 32.5. The van der Waals surface area contributed by atoms with Crippen LogP contribution in [0.3, 0.4) is 0 Å². The van der Waals surface area contributed by atoms with Crippen LogP contribution in [0.25, 0.3) is 0 Å². The average Bonchev–Trinajstić information content (AvgIpc) is 2.51. The number of amides is 2. The minimum atomic E-state index is -9.88. The smallest absolute Gasteiger partial charge is 0.310 e. The predicted molar refractivity (Wildman–Crippen MR) is 84.2 cm³/mol. The molecular formula is C14H14F5N3O3S. The summed E-state index contributed by atoms with van der Waals surface area (Å²) in [5.41, 5.74) is -0.158. The number of nitrogens with one attached hydrogen (secondary N) is 2. The third kappa shape index (κ3) is 3.59. The Hall–Kier alpha value is -2.36. The lowest BCUT2D eigenvalue weighted by molar-refractivity contribution is -0.134. The van der Waals surface area contributed by atoms with Crippen molar-refractivity contribution in [2.45, 2.75) is 10.9 Å². The summed E-state index contributed by atoms with van der Waals surface area (Å²) in [6.07, 6.45) is 5.53. The molecule has 0 saturated carbocycles. The van der Waals surface area contributed by atoms with E-state index in [9.17, 15) is 29.0 Å². The van der Waals surface area contributed by atoms with Crippen molar-refractivity contribution in [2.24, 2.45) is 5.41 Å². The van der Waals surface area contributed by atoms with Gasteiger partial charge in [0, 0.05) is 18.8 Å². The zero-order chi connectivity index (χ0) is 19.9. The number of terminal acetylenes is 1. The molecule has 0 radical (unpaired) electrons. The number of anilines is 1. The second kappa shape index (κ2) is 5.57. The van der Waals surface area contributed by atoms with Gasteiger partial charge in [-0.15, -0.1) is 6.42 Å². The molecule has 0 aliphatic carbocycles. The number of rotatable bonds is 6. The largest absolute Gasteiger partial charge is 0.313 e. The predicted octanol–water partition coefficient (Wildman–Crippen LogP) is 2.40. The molecule has 0 aromatic heterocycles. The number of halogens is 5. The molecule has 26 heavy (non-hydrogen) atoms. The quantitative estimate of drug-likeness (QED) is 0.226. The van der Waals surface area contributed by atoms with Gasteiger partial charge in [-0.2, -0.15) is 0 Å². The monoisotopic (exact) mass is 399 g/mol. The standard InChI is InChI=1S/C14H14F5N3O3S/c1-2-14(7-20-8-14)12(13(24)21-25)22(9-23)10-3-5-11(6-4-10)26(15,16,17,18)19/h1,3-6,9,12,20,25H,7-8H2,(H,21,24)/t12-/m1/s1. The lowest BCUT2D eigenvalue weighted by Gasteiger charge is -2.46. The van der Waals surface area contributed by atoms with Gasteiger partial charge in [-0.1, -0.05) is 25.3 Å². The summed E-state index contributed by atoms with van der Waals surface area (Å²) in [6, 6.07) is -0.00112. The Labute approximate surface area is 145 Å². The van der Waals surface area contributed by atoms with Gasteiger partial charge in [-0.25, -0.2) is 5.48 Å². The lowest BCUT2D eigenvalue weighted by atomic mass is 9.74. The van der Waals surface area contributed by atoms with Gasteiger partial charge in [0.2, 0.25) is 6.41 Å². The Kier molecular flexibility index (Phi) is 4.27. The molecule has 1 aliphatic rings. The van der Waals surface area contributed by atoms with Gasteiger partial charge in [0.25, 0.3) is 5.91 Å². The van der Waals surface area contributed by atoms with Gasteiger partial charge in [0.15, 0.2) is 0 Å². The molecule has 2 rings (SSSR count). The zero-order valence-corrected chi connectivity index (χ0v) is 13.8. The van der Waals surface area contributed by atoms with Crippen molar-refractivity contribution in [2.75, 3.05) is 18.0 Å². The maximum Gasteiger partial charge on any atom is 0.310 e. The minimum absolute atomic E-state index is 0.0927. The third-order valence-electron chi connectivity index (χ3n) is 4.02. The first-order valence-corrected chi connectivity index (χ1v) is 8.93. The van der Waals surface area contributed by atoms with E-state index in [0.29, 0.717) is 17.0 Å². The van der Waals surface area contributed by atoms with E-state index in [-0.39, 0.29) is 37.3 Å². The highest BCUT2D eigenvalue weighted by Gasteiger charge is 2.65. The van der Waals surface area contributed by atoms with Crippen molar-refractivity contribution < 1.29 is 34.2 Å². The topological polar surface area (TPSA) is 81.7 Å². The van der Waals surface area contributed by atoms with Gasteiger partial charge in [-0.3, -0.25) is 14.8 Å². The number of carbonyl (C=O) groups excluding carboxylic acids is 2. The molecule has 144 valence electrons. The van der Waals surface area contributed by atoms with Crippen LogP contribution in [0.4, 0.5) is 25.1 Å². The maximum absolute atomic E-state index is 12.8. The van der Waals surface area contributed by atoms with Gasteiger partial charge in [0.05, 0.1) is 5.41 Å². The molecule has 1 aromatic rings. The second-order valence-corrected chi connectivity index (χ2v) is 8.17. The number of hydrogen-bond acceptors (Lipinski definition) is 4. The molecule has 0 bridgehead atoms. The van der Waals surface area contributed by atoms with Crippen LogP contribution in [0.5, 0.6) is 0 Å². The molecule has 0 unspecified atom stereocenters. The average molecular weight is 399 g/mol. The molecule has 0 spiro atoms. The summed E-state index contributed by atoms with van der Waals surface area (Å²) < 4.78 is 64.0. The van der Waals surface area contributed by atoms with Crippen LogP contribution >= 0.6 is 10.2 Å². The van der Waals surface area contributed by atoms with E-state index in [1.807, 2.05) is 0 Å². The van der Waals surface area contributed by atoms with Crippen LogP contribution in [-0.4, -0.2) is 36.7 Å². The summed E-state index contributed by atoms with van der Waals surface area (Å²) in [6.45, 7) is 0.185. The number of hydroxylamine groups is 1. The fourth-order valence-corrected chi connectivity index (χ4v) is 3.27. The fourth-order valence-electron chi connectivity index (χ4n) is 2.62. The second-order valence-electron chi connectivity index (χ2n) is 5.76. The molecule has 1 heterocycles. The summed E-state index contributed by atoms with van der Waals surface area (Å²) in [5, 5.41) is 11.7. The van der Waals surface area contributed by atoms with E-state index < -0.39 is 32.5 Å². The SMILES string of the molecule is C#CC1([C@@H](C(=O)NO)N(C=O)c2ccc(S(F)(F)(F)(F)F)cc2)CNC1. The van der Waals surface area contributed by atoms with Crippen LogP contribution < -0.4 is 15.7 Å². The number of hydrogen-bond donors (Lipinski definition) is 3. The van der Waals surface area contributed by atoms with Gasteiger partial charge in [-0.05, 0) is 24.3 Å². The molecule has 3 N–H and O–H groups in total. The first kappa shape index (κ1) is 20.0. The van der Waals surface area contributed by atoms with Crippen LogP contribution in [-0.2, 0) is 9.59 Å². The Morgan fingerprint density at radius 3 is 2.15 bits per heavy atom. The maximum atomic E-state index is 12.8. The minimum Gasteiger partial charge on any atom is -0.313 e. The summed E-state index contributed by atoms with van der Waals surface area (Å²) in [5.74, 6) is 1.26. The van der Waals surface area contributed by atoms with Crippen LogP contribution in [0.1, 0.15) is 0 Å². The van der Waals surface area contributed by atoms with E-state index in [4.69, 9.17) is 11.6 Å². The third-order valence-corrected chi connectivity index (χ3v) is 5.19. The molecule has 1 aromatic carbocycles. The molecule has 1 fully saturated rings. The van der Waals surface area contributed by atoms with E-state index in [1.165, 1.54) is 5.48 Å². The summed E-state index contributed by atoms with van der Waals surface area (Å²) in [4.78, 5) is 22.1. The highest BCUT2D eigenvalue weighted by molar-refractivity contribution is 8.45. The molecule has 1 saturated heterocycles. The Morgan fingerprint density at radius 2 is 1.85 bits per heavy atom. The van der Waals surface area contributed by atoms with Crippen LogP contribution in [0, 0.1) is 17.8 Å². The Bertz CT molecular complexity index is 772. The molecule has 2 amide bonds. The van der Waals surface area contributed by atoms with Crippen molar-refractivity contribution in [1.29, 1.82) is 0 Å². The molecular weight excluding hydrogens is 385 g/mol. The molecule has 12 heteroatoms. The normalized spacial score (nSPS) is 19.7. The van der Waals surface area contributed by atoms with Crippen molar-refractivity contribution >= 4 is 28.2 Å². The first-order valence-electron chi connectivity index (χ1n) is 6.98. The van der Waals surface area contributed by atoms with Gasteiger partial charge in [0.1, 0.15) is 10.9 Å². The molecule has 1 aliphatic heterocycles. The highest BCUT2D eigenvalue weighted by Crippen LogP contribution is 3.02. The molecule has 1 atom stereocenters.